The van der Waals surface area contributed by atoms with Crippen LogP contribution in [-0.4, -0.2) is 12.1 Å². The summed E-state index contributed by atoms with van der Waals surface area (Å²) in [6.07, 6.45) is 17.3. The number of allylic oxidation sites excluding steroid dienone is 1. The predicted octanol–water partition coefficient (Wildman–Crippen LogP) is 10.2. The first-order valence-electron chi connectivity index (χ1n) is 16.6. The Bertz CT molecular complexity index is 934. The van der Waals surface area contributed by atoms with Crippen molar-refractivity contribution in [2.24, 2.45) is 56.7 Å². The van der Waals surface area contributed by atoms with Crippen LogP contribution in [0.5, 0.6) is 0 Å². The number of hydrogen-bond donors (Lipinski definition) is 0. The van der Waals surface area contributed by atoms with Crippen LogP contribution in [0.2, 0.25) is 0 Å². The molecule has 216 valence electrons. The van der Waals surface area contributed by atoms with E-state index in [1.807, 2.05) is 0 Å². The molecule has 0 aromatic rings. The molecule has 0 aliphatic heterocycles. The Morgan fingerprint density at radius 3 is 2.24 bits per heavy atom. The normalized spacial score (nSPS) is 49.3. The zero-order valence-corrected chi connectivity index (χ0v) is 26.4. The van der Waals surface area contributed by atoms with Crippen LogP contribution in [-0.2, 0) is 9.53 Å². The van der Waals surface area contributed by atoms with Crippen LogP contribution >= 0.6 is 0 Å². The maximum absolute atomic E-state index is 12.8. The van der Waals surface area contributed by atoms with E-state index in [9.17, 15) is 4.79 Å². The Labute approximate surface area is 235 Å². The number of ether oxygens (including phenoxy) is 1. The van der Waals surface area contributed by atoms with Crippen LogP contribution in [0.1, 0.15) is 145 Å². The summed E-state index contributed by atoms with van der Waals surface area (Å²) in [6.45, 7) is 24.7. The third-order valence-corrected chi connectivity index (χ3v) is 14.7. The van der Waals surface area contributed by atoms with Crippen molar-refractivity contribution < 1.29 is 9.53 Å². The molecule has 0 spiro atoms. The van der Waals surface area contributed by atoms with Gasteiger partial charge in [0.15, 0.2) is 0 Å². The lowest BCUT2D eigenvalue weighted by Crippen LogP contribution is -2.66. The summed E-state index contributed by atoms with van der Waals surface area (Å²) in [5.41, 5.74) is 3.21. The summed E-state index contributed by atoms with van der Waals surface area (Å²) >= 11 is 0. The Morgan fingerprint density at radius 2 is 1.55 bits per heavy atom. The molecule has 0 aromatic heterocycles. The zero-order valence-electron chi connectivity index (χ0n) is 26.4. The summed E-state index contributed by atoms with van der Waals surface area (Å²) in [7, 11) is 0. The second-order valence-electron chi connectivity index (χ2n) is 16.6. The summed E-state index contributed by atoms with van der Waals surface area (Å²) in [5.74, 6) is 3.88. The Hall–Kier alpha value is -0.790. The lowest BCUT2D eigenvalue weighted by atomic mass is 9.32. The molecule has 2 nitrogen and oxygen atoms in total. The van der Waals surface area contributed by atoms with E-state index < -0.39 is 0 Å². The van der Waals surface area contributed by atoms with Crippen molar-refractivity contribution in [3.05, 3.63) is 12.2 Å². The van der Waals surface area contributed by atoms with Gasteiger partial charge in [-0.2, -0.15) is 0 Å². The fourth-order valence-electron chi connectivity index (χ4n) is 12.4. The Morgan fingerprint density at radius 1 is 0.816 bits per heavy atom. The van der Waals surface area contributed by atoms with Crippen LogP contribution in [0.25, 0.3) is 0 Å². The van der Waals surface area contributed by atoms with Crippen LogP contribution in [0.3, 0.4) is 0 Å². The fraction of sp³-hybridized carbons (Fsp3) is 0.917. The highest BCUT2D eigenvalue weighted by molar-refractivity contribution is 5.69. The molecule has 0 radical (unpaired) electrons. The van der Waals surface area contributed by atoms with E-state index >= 15 is 0 Å². The average Bonchev–Trinajstić information content (AvgIpc) is 3.19. The van der Waals surface area contributed by atoms with Gasteiger partial charge in [-0.05, 0) is 129 Å². The number of carbonyl (C=O) groups is 1. The van der Waals surface area contributed by atoms with Crippen molar-refractivity contribution in [2.75, 3.05) is 0 Å². The van der Waals surface area contributed by atoms with Crippen molar-refractivity contribution in [1.82, 2.24) is 0 Å². The van der Waals surface area contributed by atoms with Gasteiger partial charge in [0.2, 0.25) is 0 Å². The van der Waals surface area contributed by atoms with Gasteiger partial charge in [0.05, 0.1) is 0 Å². The van der Waals surface area contributed by atoms with Crippen molar-refractivity contribution in [1.29, 1.82) is 0 Å². The maximum Gasteiger partial charge on any atom is 0.306 e. The third-order valence-electron chi connectivity index (χ3n) is 14.7. The second kappa shape index (κ2) is 9.65. The van der Waals surface area contributed by atoms with Crippen molar-refractivity contribution in [3.8, 4) is 0 Å². The SMILES string of the molecule is C=C(C)[C@@H]1CC[C@]2(C)CC[C@]3(C)[C@H](CCC4[C@@]5(C)CCC(OC(=O)CCCCC)C(C)(C)[C@@H]5CC[C@]43C)[C@@H]12. The molecule has 5 rings (SSSR count). The first-order chi connectivity index (χ1) is 17.7. The Kier molecular flexibility index (Phi) is 7.29. The molecule has 0 heterocycles. The van der Waals surface area contributed by atoms with E-state index in [0.29, 0.717) is 34.0 Å². The third kappa shape index (κ3) is 4.02. The van der Waals surface area contributed by atoms with E-state index in [-0.39, 0.29) is 17.5 Å². The molecule has 0 amide bonds. The Balaban J connectivity index is 1.40. The molecule has 0 N–H and O–H groups in total. The van der Waals surface area contributed by atoms with Crippen molar-refractivity contribution in [2.45, 2.75) is 151 Å². The van der Waals surface area contributed by atoms with Gasteiger partial charge in [-0.1, -0.05) is 73.5 Å². The molecule has 0 aromatic carbocycles. The molecule has 5 fully saturated rings. The van der Waals surface area contributed by atoms with Crippen molar-refractivity contribution >= 4 is 5.97 Å². The summed E-state index contributed by atoms with van der Waals surface area (Å²) in [5, 5.41) is 0. The standard InChI is InChI=1S/C36H60O2/c1-10-11-12-13-30(37)38-29-18-20-34(7)27(32(29,4)5)17-21-36(9)28(34)15-14-26-31-25(24(2)3)16-19-33(31,6)22-23-35(26,36)8/h25-29,31H,2,10-23H2,1,3-9H3/t25-,26+,27-,28?,29?,31+,33+,34-,35+,36+/m0/s1. The van der Waals surface area contributed by atoms with Gasteiger partial charge in [0, 0.05) is 11.8 Å². The van der Waals surface area contributed by atoms with Gasteiger partial charge in [0.1, 0.15) is 6.10 Å². The molecular formula is C36H60O2. The average molecular weight is 525 g/mol. The molecule has 2 heteroatoms. The molecule has 5 aliphatic rings. The van der Waals surface area contributed by atoms with Gasteiger partial charge in [-0.25, -0.2) is 0 Å². The van der Waals surface area contributed by atoms with Crippen LogP contribution in [0, 0.1) is 56.7 Å². The van der Waals surface area contributed by atoms with Crippen LogP contribution in [0.15, 0.2) is 12.2 Å². The monoisotopic (exact) mass is 524 g/mol. The number of carbonyl (C=O) groups excluding carboxylic acids is 1. The smallest absolute Gasteiger partial charge is 0.306 e. The summed E-state index contributed by atoms with van der Waals surface area (Å²) in [6, 6.07) is 0. The zero-order chi connectivity index (χ0) is 27.7. The fourth-order valence-corrected chi connectivity index (χ4v) is 12.4. The van der Waals surface area contributed by atoms with E-state index in [0.717, 1.165) is 49.4 Å². The van der Waals surface area contributed by atoms with Gasteiger partial charge in [-0.15, -0.1) is 0 Å². The molecule has 5 aliphatic carbocycles. The van der Waals surface area contributed by atoms with Gasteiger partial charge >= 0.3 is 5.97 Å². The topological polar surface area (TPSA) is 26.3 Å². The molecule has 10 atom stereocenters. The number of fused-ring (bicyclic) bond motifs is 7. The molecule has 38 heavy (non-hydrogen) atoms. The van der Waals surface area contributed by atoms with Gasteiger partial charge in [-0.3, -0.25) is 4.79 Å². The van der Waals surface area contributed by atoms with E-state index in [1.165, 1.54) is 63.4 Å². The van der Waals surface area contributed by atoms with E-state index in [4.69, 9.17) is 4.74 Å². The first kappa shape index (κ1) is 28.7. The van der Waals surface area contributed by atoms with Gasteiger partial charge < -0.3 is 4.74 Å². The minimum absolute atomic E-state index is 0.0441. The second-order valence-corrected chi connectivity index (χ2v) is 16.6. The van der Waals surface area contributed by atoms with Gasteiger partial charge in [0.25, 0.3) is 0 Å². The number of hydrogen-bond acceptors (Lipinski definition) is 2. The number of esters is 1. The van der Waals surface area contributed by atoms with Crippen LogP contribution in [0.4, 0.5) is 0 Å². The quantitative estimate of drug-likeness (QED) is 0.196. The summed E-state index contributed by atoms with van der Waals surface area (Å²) < 4.78 is 6.26. The molecule has 0 saturated heterocycles. The predicted molar refractivity (Wildman–Crippen MR) is 159 cm³/mol. The highest BCUT2D eigenvalue weighted by atomic mass is 16.5. The summed E-state index contributed by atoms with van der Waals surface area (Å²) in [4.78, 5) is 12.8. The molecule has 2 unspecified atom stereocenters. The minimum atomic E-state index is 0.0441. The lowest BCUT2D eigenvalue weighted by molar-refractivity contribution is -0.249. The van der Waals surface area contributed by atoms with E-state index in [1.54, 1.807) is 0 Å². The molecular weight excluding hydrogens is 464 g/mol. The highest BCUT2D eigenvalue weighted by Gasteiger charge is 2.70. The molecule has 0 bridgehead atoms. The number of rotatable bonds is 6. The minimum Gasteiger partial charge on any atom is -0.462 e. The maximum atomic E-state index is 12.8. The van der Waals surface area contributed by atoms with Crippen LogP contribution < -0.4 is 0 Å². The highest BCUT2D eigenvalue weighted by Crippen LogP contribution is 2.77. The lowest BCUT2D eigenvalue weighted by Gasteiger charge is -2.73. The first-order valence-corrected chi connectivity index (χ1v) is 16.6. The number of unbranched alkanes of at least 4 members (excludes halogenated alkanes) is 2. The largest absolute Gasteiger partial charge is 0.462 e. The molecule has 5 saturated carbocycles. The van der Waals surface area contributed by atoms with E-state index in [2.05, 4.69) is 62.0 Å². The van der Waals surface area contributed by atoms with Crippen molar-refractivity contribution in [3.63, 3.8) is 0 Å².